The average Bonchev–Trinajstić information content (AvgIpc) is 3.27. The number of rotatable bonds is 5. The molecule has 1 heterocycles. The molecule has 6 nitrogen and oxygen atoms in total. The minimum atomic E-state index is -0.269. The molecule has 0 unspecified atom stereocenters. The average molecular weight is 341 g/mol. The summed E-state index contributed by atoms with van der Waals surface area (Å²) in [5, 5.41) is 5.90. The fraction of sp³-hybridized carbons (Fsp3) is 0.368. The second-order valence-corrected chi connectivity index (χ2v) is 6.44. The fourth-order valence-electron chi connectivity index (χ4n) is 3.09. The van der Waals surface area contributed by atoms with Gasteiger partial charge in [-0.05, 0) is 49.6 Å². The molecule has 2 aromatic rings. The van der Waals surface area contributed by atoms with Crippen molar-refractivity contribution in [3.63, 3.8) is 0 Å². The Kier molecular flexibility index (Phi) is 5.19. The number of carbonyl (C=O) groups is 2. The first-order chi connectivity index (χ1) is 12.1. The summed E-state index contributed by atoms with van der Waals surface area (Å²) in [5.41, 5.74) is 8.00. The van der Waals surface area contributed by atoms with Crippen LogP contribution in [0.1, 0.15) is 57.7 Å². The van der Waals surface area contributed by atoms with E-state index >= 15 is 0 Å². The quantitative estimate of drug-likeness (QED) is 0.779. The Bertz CT molecular complexity index is 776. The minimum Gasteiger partial charge on any atom is -0.467 e. The van der Waals surface area contributed by atoms with Crippen LogP contribution >= 0.6 is 0 Å². The summed E-state index contributed by atoms with van der Waals surface area (Å²) < 4.78 is 5.18. The first-order valence-electron chi connectivity index (χ1n) is 8.57. The van der Waals surface area contributed by atoms with Crippen LogP contribution in [-0.4, -0.2) is 17.9 Å². The molecule has 0 spiro atoms. The van der Waals surface area contributed by atoms with E-state index in [1.807, 2.05) is 6.92 Å². The van der Waals surface area contributed by atoms with Crippen LogP contribution < -0.4 is 16.4 Å². The standard InChI is InChI=1S/C19H23N3O3/c1-12-8-13(18(23)21-15-4-2-3-5-15)6-7-17(12)22-19(24)14-9-16(10-20)25-11-14/h6-9,11,15H,2-5,10,20H2,1H3,(H,21,23)(H,22,24). The Labute approximate surface area is 146 Å². The second kappa shape index (κ2) is 7.53. The Balaban J connectivity index is 1.66. The summed E-state index contributed by atoms with van der Waals surface area (Å²) in [4.78, 5) is 24.6. The topological polar surface area (TPSA) is 97.4 Å². The lowest BCUT2D eigenvalue weighted by atomic mass is 10.1. The number of nitrogens with one attached hydrogen (secondary N) is 2. The summed E-state index contributed by atoms with van der Waals surface area (Å²) in [5.74, 6) is 0.228. The molecule has 0 aliphatic heterocycles. The minimum absolute atomic E-state index is 0.0599. The number of hydrogen-bond acceptors (Lipinski definition) is 4. The lowest BCUT2D eigenvalue weighted by molar-refractivity contribution is 0.0937. The van der Waals surface area contributed by atoms with E-state index in [0.717, 1.165) is 18.4 Å². The number of aryl methyl sites for hydroxylation is 1. The zero-order chi connectivity index (χ0) is 17.8. The Morgan fingerprint density at radius 2 is 1.92 bits per heavy atom. The number of amides is 2. The molecule has 0 atom stereocenters. The molecule has 0 bridgehead atoms. The van der Waals surface area contributed by atoms with Crippen molar-refractivity contribution in [3.05, 3.63) is 53.0 Å². The Morgan fingerprint density at radius 3 is 2.56 bits per heavy atom. The molecule has 3 rings (SSSR count). The summed E-state index contributed by atoms with van der Waals surface area (Å²) in [6, 6.07) is 7.17. The van der Waals surface area contributed by atoms with Gasteiger partial charge in [-0.25, -0.2) is 0 Å². The number of furan rings is 1. The highest BCUT2D eigenvalue weighted by atomic mass is 16.3. The molecular weight excluding hydrogens is 318 g/mol. The summed E-state index contributed by atoms with van der Waals surface area (Å²) in [6.45, 7) is 2.11. The monoisotopic (exact) mass is 341 g/mol. The largest absolute Gasteiger partial charge is 0.467 e. The number of benzene rings is 1. The maximum absolute atomic E-state index is 12.3. The third-order valence-corrected chi connectivity index (χ3v) is 4.54. The van der Waals surface area contributed by atoms with Crippen molar-refractivity contribution in [2.24, 2.45) is 5.73 Å². The molecule has 1 fully saturated rings. The van der Waals surface area contributed by atoms with Crippen molar-refractivity contribution >= 4 is 17.5 Å². The zero-order valence-electron chi connectivity index (χ0n) is 14.3. The van der Waals surface area contributed by atoms with Crippen molar-refractivity contribution in [2.45, 2.75) is 45.2 Å². The molecule has 1 aliphatic carbocycles. The van der Waals surface area contributed by atoms with Crippen LogP contribution in [0, 0.1) is 6.92 Å². The molecule has 132 valence electrons. The van der Waals surface area contributed by atoms with Gasteiger partial charge in [0.05, 0.1) is 12.1 Å². The van der Waals surface area contributed by atoms with E-state index in [1.54, 1.807) is 24.3 Å². The van der Waals surface area contributed by atoms with E-state index < -0.39 is 0 Å². The lowest BCUT2D eigenvalue weighted by Gasteiger charge is -2.13. The molecule has 1 aromatic heterocycles. The van der Waals surface area contributed by atoms with E-state index in [-0.39, 0.29) is 24.4 Å². The van der Waals surface area contributed by atoms with E-state index in [2.05, 4.69) is 10.6 Å². The first kappa shape index (κ1) is 17.2. The van der Waals surface area contributed by atoms with Crippen LogP contribution in [0.15, 0.2) is 34.9 Å². The highest BCUT2D eigenvalue weighted by Crippen LogP contribution is 2.21. The number of nitrogens with two attached hydrogens (primary N) is 1. The van der Waals surface area contributed by atoms with Crippen molar-refractivity contribution in [3.8, 4) is 0 Å². The number of hydrogen-bond donors (Lipinski definition) is 3. The van der Waals surface area contributed by atoms with Gasteiger partial charge in [-0.1, -0.05) is 12.8 Å². The predicted octanol–water partition coefficient (Wildman–Crippen LogP) is 2.97. The normalized spacial score (nSPS) is 14.5. The molecule has 2 amide bonds. The van der Waals surface area contributed by atoms with Gasteiger partial charge in [-0.3, -0.25) is 9.59 Å². The zero-order valence-corrected chi connectivity index (χ0v) is 14.3. The second-order valence-electron chi connectivity index (χ2n) is 6.44. The Morgan fingerprint density at radius 1 is 1.16 bits per heavy atom. The van der Waals surface area contributed by atoms with Gasteiger partial charge >= 0.3 is 0 Å². The summed E-state index contributed by atoms with van der Waals surface area (Å²) in [7, 11) is 0. The van der Waals surface area contributed by atoms with Crippen LogP contribution in [0.5, 0.6) is 0 Å². The van der Waals surface area contributed by atoms with Gasteiger partial charge < -0.3 is 20.8 Å². The van der Waals surface area contributed by atoms with Crippen molar-refractivity contribution in [1.29, 1.82) is 0 Å². The van der Waals surface area contributed by atoms with E-state index in [9.17, 15) is 9.59 Å². The van der Waals surface area contributed by atoms with Gasteiger partial charge in [-0.2, -0.15) is 0 Å². The molecule has 1 saturated carbocycles. The maximum atomic E-state index is 12.3. The van der Waals surface area contributed by atoms with Crippen molar-refractivity contribution in [2.75, 3.05) is 5.32 Å². The Hall–Kier alpha value is -2.60. The summed E-state index contributed by atoms with van der Waals surface area (Å²) >= 11 is 0. The number of carbonyl (C=O) groups excluding carboxylic acids is 2. The van der Waals surface area contributed by atoms with Gasteiger partial charge in [0.2, 0.25) is 0 Å². The third kappa shape index (κ3) is 4.09. The van der Waals surface area contributed by atoms with Crippen LogP contribution in [0.4, 0.5) is 5.69 Å². The lowest BCUT2D eigenvalue weighted by Crippen LogP contribution is -2.32. The van der Waals surface area contributed by atoms with Gasteiger partial charge in [0.15, 0.2) is 0 Å². The van der Waals surface area contributed by atoms with Crippen LogP contribution in [-0.2, 0) is 6.54 Å². The van der Waals surface area contributed by atoms with E-state index in [1.165, 1.54) is 19.1 Å². The molecule has 1 aromatic carbocycles. The molecular formula is C19H23N3O3. The van der Waals surface area contributed by atoms with E-state index in [4.69, 9.17) is 10.2 Å². The SMILES string of the molecule is Cc1cc(C(=O)NC2CCCC2)ccc1NC(=O)c1coc(CN)c1. The highest BCUT2D eigenvalue weighted by molar-refractivity contribution is 6.05. The van der Waals surface area contributed by atoms with Crippen LogP contribution in [0.2, 0.25) is 0 Å². The van der Waals surface area contributed by atoms with Crippen molar-refractivity contribution in [1.82, 2.24) is 5.32 Å². The van der Waals surface area contributed by atoms with Crippen LogP contribution in [0.3, 0.4) is 0 Å². The third-order valence-electron chi connectivity index (χ3n) is 4.54. The van der Waals surface area contributed by atoms with Gasteiger partial charge in [-0.15, -0.1) is 0 Å². The smallest absolute Gasteiger partial charge is 0.258 e. The molecule has 4 N–H and O–H groups in total. The van der Waals surface area contributed by atoms with Gasteiger partial charge in [0.25, 0.3) is 11.8 Å². The molecule has 0 saturated heterocycles. The molecule has 1 aliphatic rings. The van der Waals surface area contributed by atoms with Gasteiger partial charge in [0.1, 0.15) is 12.0 Å². The fourth-order valence-corrected chi connectivity index (χ4v) is 3.09. The van der Waals surface area contributed by atoms with Gasteiger partial charge in [0, 0.05) is 17.3 Å². The highest BCUT2D eigenvalue weighted by Gasteiger charge is 2.18. The van der Waals surface area contributed by atoms with E-state index in [0.29, 0.717) is 22.6 Å². The number of anilines is 1. The van der Waals surface area contributed by atoms with Crippen molar-refractivity contribution < 1.29 is 14.0 Å². The maximum Gasteiger partial charge on any atom is 0.258 e. The first-order valence-corrected chi connectivity index (χ1v) is 8.57. The molecule has 25 heavy (non-hydrogen) atoms. The predicted molar refractivity (Wildman–Crippen MR) is 95.5 cm³/mol. The molecule has 0 radical (unpaired) electrons. The van der Waals surface area contributed by atoms with Crippen LogP contribution in [0.25, 0.3) is 0 Å². The summed E-state index contributed by atoms with van der Waals surface area (Å²) in [6.07, 6.45) is 5.84. The molecule has 6 heteroatoms.